The monoisotopic (exact) mass is 502 g/mol. The lowest BCUT2D eigenvalue weighted by Gasteiger charge is -2.54. The number of nitrogens with one attached hydrogen (secondary N) is 1. The third kappa shape index (κ3) is 5.56. The number of allylic oxidation sites excluding steroid dienone is 3. The summed E-state index contributed by atoms with van der Waals surface area (Å²) in [5.74, 6) is 0.820. The Kier molecular flexibility index (Phi) is 7.86. The van der Waals surface area contributed by atoms with Gasteiger partial charge in [0, 0.05) is 22.8 Å². The van der Waals surface area contributed by atoms with Crippen molar-refractivity contribution in [2.75, 3.05) is 6.61 Å². The predicted octanol–water partition coefficient (Wildman–Crippen LogP) is 4.09. The van der Waals surface area contributed by atoms with Gasteiger partial charge in [-0.2, -0.15) is 0 Å². The van der Waals surface area contributed by atoms with E-state index in [0.29, 0.717) is 18.3 Å². The van der Waals surface area contributed by atoms with Gasteiger partial charge in [-0.3, -0.25) is 9.59 Å². The summed E-state index contributed by atoms with van der Waals surface area (Å²) in [5.41, 5.74) is 1.45. The molecular weight excluding hydrogens is 458 g/mol. The van der Waals surface area contributed by atoms with Gasteiger partial charge in [0.15, 0.2) is 5.78 Å². The third-order valence-corrected chi connectivity index (χ3v) is 8.66. The largest absolute Gasteiger partial charge is 0.530 e. The molecule has 0 bridgehead atoms. The summed E-state index contributed by atoms with van der Waals surface area (Å²) in [7, 11) is 0. The van der Waals surface area contributed by atoms with Crippen molar-refractivity contribution in [2.24, 2.45) is 28.1 Å². The van der Waals surface area contributed by atoms with Crippen molar-refractivity contribution in [3.63, 3.8) is 0 Å². The number of carbonyl (C=O) groups is 3. The summed E-state index contributed by atoms with van der Waals surface area (Å²) in [5, 5.41) is 22.4. The number of fused-ring (bicyclic) bond motifs is 5. The summed E-state index contributed by atoms with van der Waals surface area (Å²) < 4.78 is 6.03. The van der Waals surface area contributed by atoms with Crippen LogP contribution in [0.1, 0.15) is 93.4 Å². The molecule has 36 heavy (non-hydrogen) atoms. The number of aliphatic hydroxyl groups is 1. The number of carboxylic acid groups (broad SMARTS) is 1. The molecule has 0 aromatic rings. The van der Waals surface area contributed by atoms with Gasteiger partial charge in [0.05, 0.1) is 12.0 Å². The normalized spacial score (nSPS) is 33.6. The second-order valence-electron chi connectivity index (χ2n) is 13.4. The maximum absolute atomic E-state index is 12.5. The van der Waals surface area contributed by atoms with E-state index >= 15 is 0 Å². The summed E-state index contributed by atoms with van der Waals surface area (Å²) in [6.07, 6.45) is 8.93. The molecule has 0 heterocycles. The molecule has 2 fully saturated rings. The van der Waals surface area contributed by atoms with Gasteiger partial charge in [0.1, 0.15) is 12.2 Å². The van der Waals surface area contributed by atoms with E-state index in [1.165, 1.54) is 5.57 Å². The number of ether oxygens (including phenoxy) is 1. The van der Waals surface area contributed by atoms with Crippen molar-refractivity contribution < 1.29 is 29.3 Å². The molecule has 2 N–H and O–H groups in total. The molecule has 0 spiro atoms. The van der Waals surface area contributed by atoms with Crippen molar-refractivity contribution in [3.05, 3.63) is 23.3 Å². The number of carbonyl (C=O) groups excluding carboxylic acids is 3. The van der Waals surface area contributed by atoms with Gasteiger partial charge in [-0.05, 0) is 98.0 Å². The van der Waals surface area contributed by atoms with E-state index in [4.69, 9.17) is 4.74 Å². The molecule has 7 heteroatoms. The van der Waals surface area contributed by atoms with Crippen molar-refractivity contribution in [1.82, 2.24) is 5.32 Å². The molecule has 4 aliphatic rings. The molecule has 5 atom stereocenters. The molecule has 0 aromatic heterocycles. The Labute approximate surface area is 215 Å². The Morgan fingerprint density at radius 3 is 2.31 bits per heavy atom. The van der Waals surface area contributed by atoms with Gasteiger partial charge in [0.25, 0.3) is 0 Å². The molecule has 0 aromatic carbocycles. The van der Waals surface area contributed by atoms with Crippen LogP contribution in [0.5, 0.6) is 0 Å². The molecule has 0 aliphatic heterocycles. The number of esters is 1. The zero-order valence-corrected chi connectivity index (χ0v) is 23.0. The second-order valence-corrected chi connectivity index (χ2v) is 13.4. The quantitative estimate of drug-likeness (QED) is 0.434. The molecule has 4 aliphatic carbocycles. The Hall–Kier alpha value is -2.15. The number of aliphatic hydroxyl groups excluding tert-OH is 1. The van der Waals surface area contributed by atoms with Gasteiger partial charge >= 0.3 is 5.97 Å². The molecule has 0 radical (unpaired) electrons. The van der Waals surface area contributed by atoms with Gasteiger partial charge in [-0.15, -0.1) is 0 Å². The van der Waals surface area contributed by atoms with E-state index in [-0.39, 0.29) is 35.3 Å². The fourth-order valence-electron chi connectivity index (χ4n) is 6.73. The van der Waals surface area contributed by atoms with Crippen molar-refractivity contribution in [1.29, 1.82) is 0 Å². The first-order valence-corrected chi connectivity index (χ1v) is 13.3. The molecule has 0 unspecified atom stereocenters. The van der Waals surface area contributed by atoms with Crippen LogP contribution < -0.4 is 10.4 Å². The zero-order valence-electron chi connectivity index (χ0n) is 23.0. The van der Waals surface area contributed by atoms with E-state index in [1.807, 2.05) is 26.8 Å². The minimum atomic E-state index is -1.22. The fourth-order valence-corrected chi connectivity index (χ4v) is 6.73. The molecule has 7 nitrogen and oxygen atoms in total. The Bertz CT molecular complexity index is 952. The Balaban J connectivity index is 0.000000392. The second kappa shape index (κ2) is 9.96. The summed E-state index contributed by atoms with van der Waals surface area (Å²) in [6, 6.07) is 0. The third-order valence-electron chi connectivity index (χ3n) is 8.66. The molecule has 2 saturated carbocycles. The van der Waals surface area contributed by atoms with Crippen LogP contribution in [0.2, 0.25) is 0 Å². The number of ketones is 1. The highest BCUT2D eigenvalue weighted by molar-refractivity contribution is 5.91. The summed E-state index contributed by atoms with van der Waals surface area (Å²) in [4.78, 5) is 34.3. The van der Waals surface area contributed by atoms with Gasteiger partial charge in [-0.1, -0.05) is 24.1 Å². The van der Waals surface area contributed by atoms with Crippen LogP contribution in [0.25, 0.3) is 0 Å². The first-order chi connectivity index (χ1) is 16.5. The van der Waals surface area contributed by atoms with Crippen molar-refractivity contribution in [3.8, 4) is 0 Å². The average molecular weight is 503 g/mol. The van der Waals surface area contributed by atoms with E-state index in [1.54, 1.807) is 20.8 Å². The molecular formula is C29H44NO6-. The van der Waals surface area contributed by atoms with Gasteiger partial charge in [-0.25, -0.2) is 0 Å². The van der Waals surface area contributed by atoms with Crippen LogP contribution in [-0.2, 0) is 14.3 Å². The highest BCUT2D eigenvalue weighted by Crippen LogP contribution is 2.64. The summed E-state index contributed by atoms with van der Waals surface area (Å²) >= 11 is 0. The van der Waals surface area contributed by atoms with Gasteiger partial charge in [0.2, 0.25) is 0 Å². The SMILES string of the molecule is CC(C)(C)C(=O)O[C@H]1CC[C@H]2C3=CCC4=CC(=O)CC[C@]4(CO)[C@H]3CC[C@]12C.CC(C)(C)NC(=O)[O-]. The van der Waals surface area contributed by atoms with Crippen LogP contribution >= 0.6 is 0 Å². The van der Waals surface area contributed by atoms with Crippen molar-refractivity contribution in [2.45, 2.75) is 105 Å². The van der Waals surface area contributed by atoms with E-state index in [9.17, 15) is 24.6 Å². The summed E-state index contributed by atoms with van der Waals surface area (Å²) in [6.45, 7) is 13.4. The molecule has 0 saturated heterocycles. The first-order valence-electron chi connectivity index (χ1n) is 13.3. The lowest BCUT2D eigenvalue weighted by molar-refractivity contribution is -0.252. The minimum absolute atomic E-state index is 0.0222. The Morgan fingerprint density at radius 2 is 1.78 bits per heavy atom. The molecule has 202 valence electrons. The van der Waals surface area contributed by atoms with Crippen LogP contribution in [-0.4, -0.2) is 41.2 Å². The van der Waals surface area contributed by atoms with E-state index < -0.39 is 17.0 Å². The average Bonchev–Trinajstić information content (AvgIpc) is 3.07. The minimum Gasteiger partial charge on any atom is -0.530 e. The lowest BCUT2D eigenvalue weighted by Crippen LogP contribution is -2.49. The molecule has 1 amide bonds. The zero-order chi connectivity index (χ0) is 27.1. The highest BCUT2D eigenvalue weighted by atomic mass is 16.5. The Morgan fingerprint density at radius 1 is 1.11 bits per heavy atom. The van der Waals surface area contributed by atoms with Crippen LogP contribution in [0.15, 0.2) is 23.3 Å². The van der Waals surface area contributed by atoms with Crippen LogP contribution in [0.4, 0.5) is 4.79 Å². The van der Waals surface area contributed by atoms with E-state index in [0.717, 1.165) is 44.1 Å². The molecule has 4 rings (SSSR count). The standard InChI is InChI=1S/C24H34O4.C5H11NO2/c1-22(2,3)21(27)28-20-8-7-18-17-6-5-15-13-16(26)9-12-24(15,14-25)19(17)10-11-23(18,20)4;1-5(2,3)6-4(7)8/h6,13,18-20,25H,5,7-12,14H2,1-4H3;6H,1-3H3,(H,7,8)/p-1/t18-,19-,20-,23-,24+;/m0./s1. The number of hydrogen-bond acceptors (Lipinski definition) is 6. The van der Waals surface area contributed by atoms with Crippen LogP contribution in [0.3, 0.4) is 0 Å². The highest BCUT2D eigenvalue weighted by Gasteiger charge is 2.58. The fraction of sp³-hybridized carbons (Fsp3) is 0.759. The number of amides is 1. The predicted molar refractivity (Wildman–Crippen MR) is 136 cm³/mol. The van der Waals surface area contributed by atoms with Crippen molar-refractivity contribution >= 4 is 17.8 Å². The first kappa shape index (κ1) is 28.4. The lowest BCUT2D eigenvalue weighted by atomic mass is 9.50. The topological polar surface area (TPSA) is 116 Å². The maximum Gasteiger partial charge on any atom is 0.311 e. The van der Waals surface area contributed by atoms with Crippen LogP contribution in [0, 0.1) is 28.1 Å². The smallest absolute Gasteiger partial charge is 0.311 e. The number of hydrogen-bond donors (Lipinski definition) is 2. The van der Waals surface area contributed by atoms with Gasteiger partial charge < -0.3 is 25.1 Å². The van der Waals surface area contributed by atoms with E-state index in [2.05, 4.69) is 18.3 Å². The maximum atomic E-state index is 12.5. The number of rotatable bonds is 2.